The highest BCUT2D eigenvalue weighted by Gasteiger charge is 2.23. The van der Waals surface area contributed by atoms with Crippen molar-refractivity contribution in [2.24, 2.45) is 5.41 Å². The molecular weight excluding hydrogens is 234 g/mol. The van der Waals surface area contributed by atoms with Crippen molar-refractivity contribution in [2.75, 3.05) is 0 Å². The third kappa shape index (κ3) is 4.38. The van der Waals surface area contributed by atoms with Gasteiger partial charge in [0.15, 0.2) is 0 Å². The lowest BCUT2D eigenvalue weighted by atomic mass is 9.86. The Hall–Kier alpha value is -1.31. The van der Waals surface area contributed by atoms with E-state index in [4.69, 9.17) is 0 Å². The van der Waals surface area contributed by atoms with Crippen molar-refractivity contribution in [1.29, 1.82) is 0 Å². The first-order valence-electron chi connectivity index (χ1n) is 6.93. The smallest absolute Gasteiger partial charge is 0.225 e. The summed E-state index contributed by atoms with van der Waals surface area (Å²) in [5, 5.41) is 3.06. The predicted octanol–water partition coefficient (Wildman–Crippen LogP) is 4.21. The van der Waals surface area contributed by atoms with Crippen molar-refractivity contribution >= 4 is 5.91 Å². The maximum absolute atomic E-state index is 12.0. The quantitative estimate of drug-likeness (QED) is 0.849. The minimum absolute atomic E-state index is 0.0424. The first kappa shape index (κ1) is 15.7. The van der Waals surface area contributed by atoms with Gasteiger partial charge in [0.1, 0.15) is 0 Å². The molecule has 1 N–H and O–H groups in total. The van der Waals surface area contributed by atoms with Gasteiger partial charge < -0.3 is 5.32 Å². The zero-order chi connectivity index (χ0) is 14.8. The molecule has 0 radical (unpaired) electrons. The summed E-state index contributed by atoms with van der Waals surface area (Å²) in [7, 11) is 0. The zero-order valence-electron chi connectivity index (χ0n) is 13.3. The van der Waals surface area contributed by atoms with Crippen LogP contribution >= 0.6 is 0 Å². The number of rotatable bonds is 2. The molecule has 2 nitrogen and oxygen atoms in total. The van der Waals surface area contributed by atoms with Crippen LogP contribution in [0.2, 0.25) is 0 Å². The van der Waals surface area contributed by atoms with E-state index in [0.29, 0.717) is 0 Å². The molecule has 0 aliphatic carbocycles. The molecule has 0 spiro atoms. The summed E-state index contributed by atoms with van der Waals surface area (Å²) in [6.45, 7) is 14.4. The second-order valence-electron chi connectivity index (χ2n) is 7.32. The van der Waals surface area contributed by atoms with Crippen molar-refractivity contribution in [1.82, 2.24) is 5.32 Å². The molecule has 19 heavy (non-hydrogen) atoms. The Morgan fingerprint density at radius 1 is 1.00 bits per heavy atom. The van der Waals surface area contributed by atoms with Gasteiger partial charge in [-0.1, -0.05) is 65.8 Å². The first-order chi connectivity index (χ1) is 8.51. The fourth-order valence-corrected chi connectivity index (χ4v) is 1.77. The number of hydrogen-bond acceptors (Lipinski definition) is 1. The summed E-state index contributed by atoms with van der Waals surface area (Å²) in [6, 6.07) is 8.55. The van der Waals surface area contributed by atoms with Gasteiger partial charge in [-0.15, -0.1) is 0 Å². The van der Waals surface area contributed by atoms with Crippen molar-refractivity contribution in [3.05, 3.63) is 35.4 Å². The molecule has 1 atom stereocenters. The van der Waals surface area contributed by atoms with E-state index in [-0.39, 0.29) is 22.8 Å². The number of hydrogen-bond donors (Lipinski definition) is 1. The van der Waals surface area contributed by atoms with Crippen molar-refractivity contribution in [2.45, 2.75) is 59.9 Å². The Morgan fingerprint density at radius 2 is 1.47 bits per heavy atom. The van der Waals surface area contributed by atoms with E-state index in [1.165, 1.54) is 5.56 Å². The van der Waals surface area contributed by atoms with Crippen LogP contribution in [0.25, 0.3) is 0 Å². The van der Waals surface area contributed by atoms with Crippen molar-refractivity contribution in [3.8, 4) is 0 Å². The van der Waals surface area contributed by atoms with Crippen LogP contribution in [0.1, 0.15) is 65.6 Å². The molecular formula is C17H27NO. The van der Waals surface area contributed by atoms with Gasteiger partial charge in [0.2, 0.25) is 5.91 Å². The molecule has 0 bridgehead atoms. The van der Waals surface area contributed by atoms with Gasteiger partial charge in [-0.05, 0) is 23.5 Å². The van der Waals surface area contributed by atoms with Crippen LogP contribution in [0, 0.1) is 5.41 Å². The third-order valence-electron chi connectivity index (χ3n) is 3.31. The molecule has 1 rings (SSSR count). The van der Waals surface area contributed by atoms with Gasteiger partial charge in [-0.3, -0.25) is 4.79 Å². The maximum Gasteiger partial charge on any atom is 0.225 e. The van der Waals surface area contributed by atoms with Crippen LogP contribution in [-0.2, 0) is 10.2 Å². The summed E-state index contributed by atoms with van der Waals surface area (Å²) in [5.74, 6) is 0.0832. The highest BCUT2D eigenvalue weighted by molar-refractivity contribution is 5.81. The van der Waals surface area contributed by atoms with Crippen LogP contribution in [-0.4, -0.2) is 5.91 Å². The summed E-state index contributed by atoms with van der Waals surface area (Å²) in [5.41, 5.74) is 2.27. The van der Waals surface area contributed by atoms with Crippen LogP contribution in [0.3, 0.4) is 0 Å². The monoisotopic (exact) mass is 261 g/mol. The number of carbonyl (C=O) groups excluding carboxylic acids is 1. The SMILES string of the molecule is C[C@H](NC(=O)C(C)(C)C)c1ccc(C(C)(C)C)cc1. The Labute approximate surface area is 117 Å². The van der Waals surface area contributed by atoms with Gasteiger partial charge in [0.05, 0.1) is 6.04 Å². The predicted molar refractivity (Wildman–Crippen MR) is 81.2 cm³/mol. The second-order valence-corrected chi connectivity index (χ2v) is 7.32. The Balaban J connectivity index is 2.79. The van der Waals surface area contributed by atoms with Gasteiger partial charge in [-0.2, -0.15) is 0 Å². The summed E-state index contributed by atoms with van der Waals surface area (Å²) in [6.07, 6.45) is 0. The van der Waals surface area contributed by atoms with E-state index in [0.717, 1.165) is 5.56 Å². The molecule has 0 aliphatic heterocycles. The second kappa shape index (κ2) is 5.36. The highest BCUT2D eigenvalue weighted by atomic mass is 16.2. The van der Waals surface area contributed by atoms with Gasteiger partial charge >= 0.3 is 0 Å². The van der Waals surface area contributed by atoms with Gasteiger partial charge in [0.25, 0.3) is 0 Å². The average Bonchev–Trinajstić information content (AvgIpc) is 2.26. The topological polar surface area (TPSA) is 29.1 Å². The molecule has 0 aromatic heterocycles. The van der Waals surface area contributed by atoms with Gasteiger partial charge in [0, 0.05) is 5.41 Å². The molecule has 0 saturated heterocycles. The highest BCUT2D eigenvalue weighted by Crippen LogP contribution is 2.24. The maximum atomic E-state index is 12.0. The Bertz CT molecular complexity index is 432. The van der Waals surface area contributed by atoms with E-state index < -0.39 is 0 Å². The summed E-state index contributed by atoms with van der Waals surface area (Å²) < 4.78 is 0. The van der Waals surface area contributed by atoms with E-state index in [1.54, 1.807) is 0 Å². The lowest BCUT2D eigenvalue weighted by Gasteiger charge is -2.23. The van der Waals surface area contributed by atoms with Gasteiger partial charge in [-0.25, -0.2) is 0 Å². The van der Waals surface area contributed by atoms with E-state index in [2.05, 4.69) is 50.4 Å². The lowest BCUT2D eigenvalue weighted by molar-refractivity contribution is -0.129. The Morgan fingerprint density at radius 3 is 1.84 bits per heavy atom. The molecule has 0 saturated carbocycles. The third-order valence-corrected chi connectivity index (χ3v) is 3.31. The van der Waals surface area contributed by atoms with Crippen LogP contribution in [0.15, 0.2) is 24.3 Å². The first-order valence-corrected chi connectivity index (χ1v) is 6.93. The largest absolute Gasteiger partial charge is 0.349 e. The Kier molecular flexibility index (Phi) is 4.44. The summed E-state index contributed by atoms with van der Waals surface area (Å²) in [4.78, 5) is 12.0. The average molecular weight is 261 g/mol. The molecule has 1 amide bonds. The number of nitrogens with one attached hydrogen (secondary N) is 1. The number of carbonyl (C=O) groups is 1. The molecule has 0 aliphatic rings. The molecule has 2 heteroatoms. The van der Waals surface area contributed by atoms with Crippen molar-refractivity contribution in [3.63, 3.8) is 0 Å². The molecule has 1 aromatic carbocycles. The van der Waals surface area contributed by atoms with E-state index in [9.17, 15) is 4.79 Å². The lowest BCUT2D eigenvalue weighted by Crippen LogP contribution is -2.36. The molecule has 0 unspecified atom stereocenters. The standard InChI is InChI=1S/C17H27NO/c1-12(18-15(19)17(5,6)7)13-8-10-14(11-9-13)16(2,3)4/h8-12H,1-7H3,(H,18,19)/t12-/m0/s1. The molecule has 106 valence electrons. The summed E-state index contributed by atoms with van der Waals surface area (Å²) >= 11 is 0. The zero-order valence-corrected chi connectivity index (χ0v) is 13.3. The minimum atomic E-state index is -0.348. The van der Waals surface area contributed by atoms with Crippen molar-refractivity contribution < 1.29 is 4.79 Å². The minimum Gasteiger partial charge on any atom is -0.349 e. The number of amides is 1. The van der Waals surface area contributed by atoms with Crippen LogP contribution in [0.4, 0.5) is 0 Å². The number of benzene rings is 1. The fraction of sp³-hybridized carbons (Fsp3) is 0.588. The van der Waals surface area contributed by atoms with Crippen LogP contribution in [0.5, 0.6) is 0 Å². The van der Waals surface area contributed by atoms with E-state index >= 15 is 0 Å². The molecule has 1 aromatic rings. The van der Waals surface area contributed by atoms with Crippen LogP contribution < -0.4 is 5.32 Å². The molecule has 0 heterocycles. The fourth-order valence-electron chi connectivity index (χ4n) is 1.77. The molecule has 0 fully saturated rings. The normalized spacial score (nSPS) is 14.1. The van der Waals surface area contributed by atoms with E-state index in [1.807, 2.05) is 27.7 Å².